The lowest BCUT2D eigenvalue weighted by Gasteiger charge is -2.23. The van der Waals surface area contributed by atoms with Crippen molar-refractivity contribution >= 4 is 16.7 Å². The summed E-state index contributed by atoms with van der Waals surface area (Å²) in [7, 11) is 3.04. The summed E-state index contributed by atoms with van der Waals surface area (Å²) in [5, 5.41) is 10.9. The second-order valence-corrected chi connectivity index (χ2v) is 8.38. The summed E-state index contributed by atoms with van der Waals surface area (Å²) in [6.45, 7) is 5.04. The molecule has 188 valence electrons. The van der Waals surface area contributed by atoms with Crippen LogP contribution in [0.1, 0.15) is 31.7 Å². The molecule has 9 heteroatoms. The van der Waals surface area contributed by atoms with Gasteiger partial charge in [0.2, 0.25) is 0 Å². The Bertz CT molecular complexity index is 1190. The van der Waals surface area contributed by atoms with Crippen LogP contribution in [0.2, 0.25) is 0 Å². The minimum Gasteiger partial charge on any atom is -0.493 e. The van der Waals surface area contributed by atoms with Gasteiger partial charge in [-0.05, 0) is 43.7 Å². The monoisotopic (exact) mass is 483 g/mol. The number of aromatic amines is 1. The molecule has 1 aromatic heterocycles. The van der Waals surface area contributed by atoms with Gasteiger partial charge < -0.3 is 29.1 Å². The number of carbonyl (C=O) groups excluding carboxylic acids is 1. The molecule has 0 saturated carbocycles. The lowest BCUT2D eigenvalue weighted by atomic mass is 10.1. The Hall–Kier alpha value is -3.43. The molecule has 1 unspecified atom stereocenters. The zero-order valence-corrected chi connectivity index (χ0v) is 20.7. The molecule has 0 fully saturated rings. The lowest BCUT2D eigenvalue weighted by Crippen LogP contribution is -2.36. The number of Topliss-reactive ketones (excluding diaryl/α,β-unsaturated/α-hetero) is 1. The molecule has 0 amide bonds. The van der Waals surface area contributed by atoms with Gasteiger partial charge >= 0.3 is 0 Å². The molecule has 9 nitrogen and oxygen atoms in total. The minimum absolute atomic E-state index is 0.127. The Morgan fingerprint density at radius 1 is 1.14 bits per heavy atom. The number of nitrogens with one attached hydrogen (secondary N) is 1. The fourth-order valence-electron chi connectivity index (χ4n) is 3.72. The molecule has 0 saturated heterocycles. The number of hydrogen-bond donors (Lipinski definition) is 2. The van der Waals surface area contributed by atoms with Gasteiger partial charge in [0, 0.05) is 19.0 Å². The second kappa shape index (κ2) is 12.3. The lowest BCUT2D eigenvalue weighted by molar-refractivity contribution is -0.116. The van der Waals surface area contributed by atoms with Crippen molar-refractivity contribution in [2.45, 2.75) is 39.3 Å². The van der Waals surface area contributed by atoms with E-state index >= 15 is 0 Å². The molecule has 0 aliphatic carbocycles. The average Bonchev–Trinajstić information content (AvgIpc) is 2.85. The fourth-order valence-corrected chi connectivity index (χ4v) is 3.72. The van der Waals surface area contributed by atoms with Crippen molar-refractivity contribution in [3.63, 3.8) is 0 Å². The van der Waals surface area contributed by atoms with Crippen LogP contribution in [0.25, 0.3) is 10.9 Å². The molecule has 2 N–H and O–H groups in total. The largest absolute Gasteiger partial charge is 0.493 e. The SMILES string of the molecule is CCN(Cc1nc2cc(OC)c(OC)cc2c(=O)[nH]1)CC(O)COc1ccc(CCC(C)=O)cc1. The zero-order valence-electron chi connectivity index (χ0n) is 20.7. The maximum atomic E-state index is 12.6. The first-order chi connectivity index (χ1) is 16.8. The van der Waals surface area contributed by atoms with Crippen molar-refractivity contribution in [2.24, 2.45) is 0 Å². The van der Waals surface area contributed by atoms with Gasteiger partial charge in [0.15, 0.2) is 11.5 Å². The van der Waals surface area contributed by atoms with Crippen LogP contribution in [0.15, 0.2) is 41.2 Å². The molecule has 0 spiro atoms. The molecule has 35 heavy (non-hydrogen) atoms. The molecular formula is C26H33N3O6. The number of aromatic nitrogens is 2. The first-order valence-corrected chi connectivity index (χ1v) is 11.6. The molecule has 3 rings (SSSR count). The number of nitrogens with zero attached hydrogens (tertiary/aromatic N) is 2. The Balaban J connectivity index is 1.60. The van der Waals surface area contributed by atoms with Gasteiger partial charge in [-0.3, -0.25) is 9.69 Å². The highest BCUT2D eigenvalue weighted by Crippen LogP contribution is 2.30. The van der Waals surface area contributed by atoms with Crippen molar-refractivity contribution in [3.8, 4) is 17.2 Å². The smallest absolute Gasteiger partial charge is 0.258 e. The number of aryl methyl sites for hydroxylation is 1. The predicted molar refractivity (Wildman–Crippen MR) is 133 cm³/mol. The molecule has 0 radical (unpaired) electrons. The van der Waals surface area contributed by atoms with Crippen LogP contribution in [-0.2, 0) is 17.8 Å². The van der Waals surface area contributed by atoms with E-state index in [4.69, 9.17) is 14.2 Å². The summed E-state index contributed by atoms with van der Waals surface area (Å²) >= 11 is 0. The average molecular weight is 484 g/mol. The standard InChI is InChI=1S/C26H33N3O6/c1-5-29(14-19(31)16-35-20-10-8-18(9-11-20)7-6-17(2)30)15-25-27-22-13-24(34-4)23(33-3)12-21(22)26(32)28-25/h8-13,19,31H,5-7,14-16H2,1-4H3,(H,27,28,32). The van der Waals surface area contributed by atoms with Crippen LogP contribution in [0.5, 0.6) is 17.2 Å². The summed E-state index contributed by atoms with van der Waals surface area (Å²) in [5.41, 5.74) is 1.31. The van der Waals surface area contributed by atoms with Gasteiger partial charge in [-0.25, -0.2) is 4.98 Å². The summed E-state index contributed by atoms with van der Waals surface area (Å²) < 4.78 is 16.3. The van der Waals surface area contributed by atoms with Crippen LogP contribution < -0.4 is 19.8 Å². The Morgan fingerprint density at radius 2 is 1.83 bits per heavy atom. The number of aliphatic hydroxyl groups is 1. The highest BCUT2D eigenvalue weighted by Gasteiger charge is 2.15. The van der Waals surface area contributed by atoms with Crippen molar-refractivity contribution in [3.05, 3.63) is 58.1 Å². The molecule has 0 aliphatic rings. The highest BCUT2D eigenvalue weighted by atomic mass is 16.5. The molecule has 0 aliphatic heterocycles. The number of aliphatic hydroxyl groups excluding tert-OH is 1. The van der Waals surface area contributed by atoms with Gasteiger partial charge in [0.05, 0.1) is 31.7 Å². The van der Waals surface area contributed by atoms with E-state index in [1.54, 1.807) is 19.1 Å². The third kappa shape index (κ3) is 7.27. The fraction of sp³-hybridized carbons (Fsp3) is 0.423. The Morgan fingerprint density at radius 3 is 2.46 bits per heavy atom. The molecule has 3 aromatic rings. The summed E-state index contributed by atoms with van der Waals surface area (Å²) in [5.74, 6) is 2.27. The second-order valence-electron chi connectivity index (χ2n) is 8.38. The number of rotatable bonds is 13. The molecular weight excluding hydrogens is 450 g/mol. The number of H-pyrrole nitrogens is 1. The first kappa shape index (κ1) is 26.2. The molecule has 1 heterocycles. The van der Waals surface area contributed by atoms with Crippen molar-refractivity contribution in [2.75, 3.05) is 33.9 Å². The normalized spacial score (nSPS) is 12.1. The van der Waals surface area contributed by atoms with Gasteiger partial charge in [-0.1, -0.05) is 19.1 Å². The van der Waals surface area contributed by atoms with E-state index in [1.165, 1.54) is 14.2 Å². The predicted octanol–water partition coefficient (Wildman–Crippen LogP) is 2.72. The first-order valence-electron chi connectivity index (χ1n) is 11.6. The Labute approximate surface area is 204 Å². The van der Waals surface area contributed by atoms with E-state index < -0.39 is 6.10 Å². The van der Waals surface area contributed by atoms with Crippen LogP contribution >= 0.6 is 0 Å². The number of methoxy groups -OCH3 is 2. The number of carbonyl (C=O) groups is 1. The van der Waals surface area contributed by atoms with E-state index in [1.807, 2.05) is 36.1 Å². The number of benzene rings is 2. The highest BCUT2D eigenvalue weighted by molar-refractivity contribution is 5.81. The van der Waals surface area contributed by atoms with E-state index in [2.05, 4.69) is 9.97 Å². The maximum absolute atomic E-state index is 12.6. The van der Waals surface area contributed by atoms with Crippen molar-refractivity contribution in [1.29, 1.82) is 0 Å². The van der Waals surface area contributed by atoms with E-state index in [0.717, 1.165) is 5.56 Å². The summed E-state index contributed by atoms with van der Waals surface area (Å²) in [6.07, 6.45) is 0.489. The van der Waals surface area contributed by atoms with E-state index in [0.29, 0.717) is 66.5 Å². The van der Waals surface area contributed by atoms with Crippen LogP contribution in [0.3, 0.4) is 0 Å². The maximum Gasteiger partial charge on any atom is 0.258 e. The van der Waals surface area contributed by atoms with Crippen LogP contribution in [0, 0.1) is 0 Å². The molecule has 0 bridgehead atoms. The quantitative estimate of drug-likeness (QED) is 0.382. The number of ketones is 1. The van der Waals surface area contributed by atoms with Crippen molar-refractivity contribution < 1.29 is 24.1 Å². The minimum atomic E-state index is -0.733. The molecule has 2 aromatic carbocycles. The van der Waals surface area contributed by atoms with Gasteiger partial charge in [0.25, 0.3) is 5.56 Å². The third-order valence-corrected chi connectivity index (χ3v) is 5.68. The van der Waals surface area contributed by atoms with Gasteiger partial charge in [0.1, 0.15) is 30.1 Å². The van der Waals surface area contributed by atoms with E-state index in [9.17, 15) is 14.7 Å². The van der Waals surface area contributed by atoms with Gasteiger partial charge in [-0.2, -0.15) is 0 Å². The third-order valence-electron chi connectivity index (χ3n) is 5.68. The van der Waals surface area contributed by atoms with Gasteiger partial charge in [-0.15, -0.1) is 0 Å². The van der Waals surface area contributed by atoms with Crippen LogP contribution in [-0.4, -0.2) is 65.8 Å². The number of ether oxygens (including phenoxy) is 3. The topological polar surface area (TPSA) is 114 Å². The van der Waals surface area contributed by atoms with E-state index in [-0.39, 0.29) is 17.9 Å². The Kier molecular flexibility index (Phi) is 9.22. The van der Waals surface area contributed by atoms with Crippen molar-refractivity contribution in [1.82, 2.24) is 14.9 Å². The number of likely N-dealkylation sites (N-methyl/N-ethyl adjacent to an activating group) is 1. The summed E-state index contributed by atoms with van der Waals surface area (Å²) in [6, 6.07) is 10.8. The molecule has 1 atom stereocenters. The number of fused-ring (bicyclic) bond motifs is 1. The van der Waals surface area contributed by atoms with Crippen LogP contribution in [0.4, 0.5) is 0 Å². The summed E-state index contributed by atoms with van der Waals surface area (Å²) in [4.78, 5) is 33.1. The number of hydrogen-bond acceptors (Lipinski definition) is 8. The zero-order chi connectivity index (χ0) is 25.4.